The Labute approximate surface area is 176 Å². The van der Waals surface area contributed by atoms with Gasteiger partial charge in [-0.15, -0.1) is 11.3 Å². The molecule has 0 unspecified atom stereocenters. The molecule has 0 radical (unpaired) electrons. The largest absolute Gasteiger partial charge is 0.494 e. The molecule has 10 heteroatoms. The minimum Gasteiger partial charge on any atom is -0.494 e. The molecule has 1 aliphatic rings. The zero-order valence-electron chi connectivity index (χ0n) is 16.5. The van der Waals surface area contributed by atoms with Crippen LogP contribution in [0.5, 0.6) is 5.75 Å². The van der Waals surface area contributed by atoms with Crippen LogP contribution in [0.25, 0.3) is 16.8 Å². The zero-order chi connectivity index (χ0) is 21.3. The van der Waals surface area contributed by atoms with E-state index in [9.17, 15) is 13.6 Å². The highest BCUT2D eigenvalue weighted by Crippen LogP contribution is 2.39. The number of nitrogens with one attached hydrogen (secondary N) is 1. The van der Waals surface area contributed by atoms with Crippen molar-refractivity contribution in [2.75, 3.05) is 13.7 Å². The van der Waals surface area contributed by atoms with Crippen molar-refractivity contribution in [1.82, 2.24) is 19.9 Å². The van der Waals surface area contributed by atoms with Gasteiger partial charge in [0.15, 0.2) is 11.4 Å². The Morgan fingerprint density at radius 2 is 2.30 bits per heavy atom. The molecule has 1 aliphatic carbocycles. The Morgan fingerprint density at radius 1 is 1.47 bits per heavy atom. The molecule has 0 saturated heterocycles. The van der Waals surface area contributed by atoms with Gasteiger partial charge < -0.3 is 15.8 Å². The van der Waals surface area contributed by atoms with Gasteiger partial charge in [-0.05, 0) is 36.3 Å². The van der Waals surface area contributed by atoms with Gasteiger partial charge in [-0.2, -0.15) is 5.10 Å². The number of methoxy groups -OCH3 is 1. The van der Waals surface area contributed by atoms with Gasteiger partial charge in [0.05, 0.1) is 30.6 Å². The molecular formula is C20H23F2N5O2S. The van der Waals surface area contributed by atoms with Gasteiger partial charge in [0.1, 0.15) is 0 Å². The molecule has 160 valence electrons. The maximum atomic E-state index is 14.1. The molecule has 3 aromatic rings. The highest BCUT2D eigenvalue weighted by Gasteiger charge is 2.45. The first-order chi connectivity index (χ1) is 14.4. The number of amides is 1. The molecule has 7 nitrogen and oxygen atoms in total. The smallest absolute Gasteiger partial charge is 0.261 e. The minimum atomic E-state index is -2.77. The lowest BCUT2D eigenvalue weighted by Gasteiger charge is -2.36. The second-order valence-electron chi connectivity index (χ2n) is 7.49. The topological polar surface area (TPSA) is 94.5 Å². The third-order valence-corrected chi connectivity index (χ3v) is 6.48. The van der Waals surface area contributed by atoms with Crippen LogP contribution in [-0.4, -0.2) is 46.1 Å². The summed E-state index contributed by atoms with van der Waals surface area (Å²) in [5, 5.41) is 8.87. The van der Waals surface area contributed by atoms with Crippen molar-refractivity contribution in [3.05, 3.63) is 34.9 Å². The number of fused-ring (bicyclic) bond motifs is 1. The summed E-state index contributed by atoms with van der Waals surface area (Å²) in [5.74, 6) is -3.36. The van der Waals surface area contributed by atoms with Crippen LogP contribution in [0.15, 0.2) is 30.0 Å². The average molecular weight is 436 g/mol. The van der Waals surface area contributed by atoms with Crippen molar-refractivity contribution in [3.63, 3.8) is 0 Å². The summed E-state index contributed by atoms with van der Waals surface area (Å²) in [6.07, 6.45) is 6.08. The van der Waals surface area contributed by atoms with Gasteiger partial charge in [-0.1, -0.05) is 0 Å². The van der Waals surface area contributed by atoms with E-state index in [-0.39, 0.29) is 25.3 Å². The van der Waals surface area contributed by atoms with E-state index in [2.05, 4.69) is 15.4 Å². The summed E-state index contributed by atoms with van der Waals surface area (Å²) in [7, 11) is 1.56. The van der Waals surface area contributed by atoms with Crippen LogP contribution in [0.4, 0.5) is 8.78 Å². The first-order valence-electron chi connectivity index (χ1n) is 9.77. The number of alkyl halides is 2. The van der Waals surface area contributed by atoms with E-state index in [1.165, 1.54) is 11.3 Å². The van der Waals surface area contributed by atoms with Crippen molar-refractivity contribution in [2.45, 2.75) is 37.6 Å². The van der Waals surface area contributed by atoms with Crippen molar-refractivity contribution in [1.29, 1.82) is 0 Å². The number of hydrogen-bond donors (Lipinski definition) is 2. The van der Waals surface area contributed by atoms with Gasteiger partial charge in [-0.25, -0.2) is 18.3 Å². The molecule has 1 fully saturated rings. The maximum absolute atomic E-state index is 14.1. The van der Waals surface area contributed by atoms with E-state index in [4.69, 9.17) is 10.5 Å². The molecular weight excluding hydrogens is 412 g/mol. The standard InChI is InChI=1S/C20H23F2N5O2S/c1-29-13-8-25-18-14(9-26-27(18)10-13)12-7-17(30-11-12)19(28)24-6-4-15-16(23)3-2-5-20(15,21)22/h7-11,15-16H,2-6,23H2,1H3,(H,24,28)/t15-,16+/m1/s1. The third-order valence-electron chi connectivity index (χ3n) is 5.55. The van der Waals surface area contributed by atoms with Gasteiger partial charge in [0.2, 0.25) is 0 Å². The number of halogens is 2. The Bertz CT molecular complexity index is 1050. The maximum Gasteiger partial charge on any atom is 0.261 e. The molecule has 0 bridgehead atoms. The number of nitrogens with zero attached hydrogens (tertiary/aromatic N) is 3. The van der Waals surface area contributed by atoms with Crippen LogP contribution in [-0.2, 0) is 0 Å². The number of ether oxygens (including phenoxy) is 1. The number of carbonyl (C=O) groups excluding carboxylic acids is 1. The average Bonchev–Trinajstić information content (AvgIpc) is 3.36. The summed E-state index contributed by atoms with van der Waals surface area (Å²) in [6, 6.07) is 1.23. The molecule has 4 rings (SSSR count). The Kier molecular flexibility index (Phi) is 5.70. The van der Waals surface area contributed by atoms with Crippen LogP contribution in [0.3, 0.4) is 0 Å². The molecule has 0 aliphatic heterocycles. The molecule has 30 heavy (non-hydrogen) atoms. The number of hydrogen-bond acceptors (Lipinski definition) is 6. The van der Waals surface area contributed by atoms with Gasteiger partial charge >= 0.3 is 0 Å². The molecule has 0 aromatic carbocycles. The lowest BCUT2D eigenvalue weighted by Crippen LogP contribution is -2.47. The molecule has 0 spiro atoms. The number of rotatable bonds is 6. The minimum absolute atomic E-state index is 0.132. The summed E-state index contributed by atoms with van der Waals surface area (Å²) in [5.41, 5.74) is 8.15. The SMILES string of the molecule is COc1cnc2c(-c3csc(C(=O)NCC[C@@H]4[C@@H](N)CCCC4(F)F)c3)cnn2c1. The summed E-state index contributed by atoms with van der Waals surface area (Å²) >= 11 is 1.28. The van der Waals surface area contributed by atoms with E-state index in [1.54, 1.807) is 36.3 Å². The molecule has 2 atom stereocenters. The lowest BCUT2D eigenvalue weighted by molar-refractivity contribution is -0.0951. The number of thiophene rings is 1. The first-order valence-corrected chi connectivity index (χ1v) is 10.6. The van der Waals surface area contributed by atoms with Crippen molar-refractivity contribution in [2.24, 2.45) is 11.7 Å². The second-order valence-corrected chi connectivity index (χ2v) is 8.40. The van der Waals surface area contributed by atoms with Crippen molar-refractivity contribution >= 4 is 22.9 Å². The fourth-order valence-electron chi connectivity index (χ4n) is 3.89. The highest BCUT2D eigenvalue weighted by molar-refractivity contribution is 7.12. The zero-order valence-corrected chi connectivity index (χ0v) is 17.3. The number of nitrogens with two attached hydrogens (primary N) is 1. The van der Waals surface area contributed by atoms with E-state index < -0.39 is 17.9 Å². The normalized spacial score (nSPS) is 20.9. The van der Waals surface area contributed by atoms with Crippen molar-refractivity contribution < 1.29 is 18.3 Å². The van der Waals surface area contributed by atoms with Crippen LogP contribution >= 0.6 is 11.3 Å². The lowest BCUT2D eigenvalue weighted by atomic mass is 9.80. The van der Waals surface area contributed by atoms with E-state index >= 15 is 0 Å². The van der Waals surface area contributed by atoms with Gasteiger partial charge in [-0.3, -0.25) is 4.79 Å². The molecule has 1 saturated carbocycles. The molecule has 3 heterocycles. The quantitative estimate of drug-likeness (QED) is 0.619. The first kappa shape index (κ1) is 20.7. The Morgan fingerprint density at radius 3 is 3.07 bits per heavy atom. The van der Waals surface area contributed by atoms with Gasteiger partial charge in [0.25, 0.3) is 11.8 Å². The summed E-state index contributed by atoms with van der Waals surface area (Å²) in [6.45, 7) is 0.165. The predicted molar refractivity (Wildman–Crippen MR) is 110 cm³/mol. The van der Waals surface area contributed by atoms with Crippen LogP contribution in [0.1, 0.15) is 35.4 Å². The van der Waals surface area contributed by atoms with Crippen molar-refractivity contribution in [3.8, 4) is 16.9 Å². The second kappa shape index (κ2) is 8.27. The molecule has 3 aromatic heterocycles. The van der Waals surface area contributed by atoms with E-state index in [0.717, 1.165) is 11.1 Å². The fraction of sp³-hybridized carbons (Fsp3) is 0.450. The number of carbonyl (C=O) groups is 1. The van der Waals surface area contributed by atoms with Crippen LogP contribution in [0, 0.1) is 5.92 Å². The van der Waals surface area contributed by atoms with E-state index in [1.807, 2.05) is 5.38 Å². The van der Waals surface area contributed by atoms with Gasteiger partial charge in [0, 0.05) is 30.5 Å². The number of aromatic nitrogens is 3. The fourth-order valence-corrected chi connectivity index (χ4v) is 4.71. The third kappa shape index (κ3) is 4.01. The Hall–Kier alpha value is -2.59. The highest BCUT2D eigenvalue weighted by atomic mass is 32.1. The molecule has 3 N–H and O–H groups in total. The summed E-state index contributed by atoms with van der Waals surface area (Å²) < 4.78 is 34.9. The molecule has 1 amide bonds. The Balaban J connectivity index is 1.41. The monoisotopic (exact) mass is 435 g/mol. The van der Waals surface area contributed by atoms with E-state index in [0.29, 0.717) is 29.1 Å². The van der Waals surface area contributed by atoms with Crippen LogP contribution in [0.2, 0.25) is 0 Å². The predicted octanol–water partition coefficient (Wildman–Crippen LogP) is 3.35. The van der Waals surface area contributed by atoms with Crippen LogP contribution < -0.4 is 15.8 Å². The summed E-state index contributed by atoms with van der Waals surface area (Å²) in [4.78, 5) is 17.3.